The van der Waals surface area contributed by atoms with E-state index in [-0.39, 0.29) is 36.6 Å². The number of piperazine rings is 1. The molecule has 1 saturated carbocycles. The van der Waals surface area contributed by atoms with Crippen molar-refractivity contribution < 1.29 is 19.5 Å². The van der Waals surface area contributed by atoms with E-state index < -0.39 is 12.1 Å². The van der Waals surface area contributed by atoms with Crippen LogP contribution in [-0.4, -0.2) is 69.7 Å². The Balaban J connectivity index is 1.53. The lowest BCUT2D eigenvalue weighted by molar-refractivity contribution is -0.141. The lowest BCUT2D eigenvalue weighted by Crippen LogP contribution is -2.51. The number of nitrogens with one attached hydrogen (secondary N) is 3. The number of aromatic nitrogens is 2. The summed E-state index contributed by atoms with van der Waals surface area (Å²) < 4.78 is 0. The second kappa shape index (κ2) is 7.00. The summed E-state index contributed by atoms with van der Waals surface area (Å²) in [4.78, 5) is 37.4. The van der Waals surface area contributed by atoms with Crippen molar-refractivity contribution in [2.24, 2.45) is 5.92 Å². The minimum Gasteiger partial charge on any atom is -0.391 e. The Morgan fingerprint density at radius 1 is 1.42 bits per heavy atom. The van der Waals surface area contributed by atoms with Gasteiger partial charge >= 0.3 is 0 Å². The molecule has 0 aromatic carbocycles. The maximum absolute atomic E-state index is 12.5. The van der Waals surface area contributed by atoms with E-state index in [4.69, 9.17) is 0 Å². The smallest absolute Gasteiger partial charge is 0.239 e. The van der Waals surface area contributed by atoms with E-state index in [9.17, 15) is 19.5 Å². The molecule has 1 aliphatic heterocycles. The molecule has 0 spiro atoms. The third-order valence-electron chi connectivity index (χ3n) is 4.48. The van der Waals surface area contributed by atoms with Gasteiger partial charge in [0.1, 0.15) is 0 Å². The number of carbonyl (C=O) groups is 3. The molecular formula is C15H21N5O4. The lowest BCUT2D eigenvalue weighted by atomic mass is 10.1. The van der Waals surface area contributed by atoms with Crippen molar-refractivity contribution in [2.75, 3.05) is 19.6 Å². The first kappa shape index (κ1) is 16.4. The van der Waals surface area contributed by atoms with Crippen molar-refractivity contribution in [3.05, 3.63) is 18.0 Å². The fourth-order valence-electron chi connectivity index (χ4n) is 3.27. The molecule has 1 saturated heterocycles. The fraction of sp³-hybridized carbons (Fsp3) is 0.600. The Morgan fingerprint density at radius 3 is 2.96 bits per heavy atom. The zero-order valence-electron chi connectivity index (χ0n) is 13.2. The predicted octanol–water partition coefficient (Wildman–Crippen LogP) is -1.83. The molecule has 4 N–H and O–H groups in total. The van der Waals surface area contributed by atoms with Crippen LogP contribution >= 0.6 is 0 Å². The van der Waals surface area contributed by atoms with Crippen LogP contribution < -0.4 is 10.6 Å². The molecule has 0 radical (unpaired) electrons. The summed E-state index contributed by atoms with van der Waals surface area (Å²) in [5.74, 6) is -0.899. The van der Waals surface area contributed by atoms with Crippen LogP contribution in [-0.2, 0) is 20.8 Å². The summed E-state index contributed by atoms with van der Waals surface area (Å²) in [5, 5.41) is 22.1. The third kappa shape index (κ3) is 3.73. The van der Waals surface area contributed by atoms with Crippen molar-refractivity contribution in [1.29, 1.82) is 0 Å². The van der Waals surface area contributed by atoms with E-state index in [1.807, 2.05) is 0 Å². The van der Waals surface area contributed by atoms with Crippen LogP contribution in [0.2, 0.25) is 0 Å². The van der Waals surface area contributed by atoms with Gasteiger partial charge in [0.25, 0.3) is 0 Å². The summed E-state index contributed by atoms with van der Waals surface area (Å²) in [6.07, 6.45) is 1.63. The summed E-state index contributed by atoms with van der Waals surface area (Å²) in [6, 6.07) is 1.26. The van der Waals surface area contributed by atoms with Crippen LogP contribution in [0.3, 0.4) is 0 Å². The maximum Gasteiger partial charge on any atom is 0.239 e. The van der Waals surface area contributed by atoms with Gasteiger partial charge in [0.15, 0.2) is 0 Å². The molecule has 3 atom stereocenters. The Bertz CT molecular complexity index is 617. The van der Waals surface area contributed by atoms with Crippen LogP contribution in [0.1, 0.15) is 18.5 Å². The van der Waals surface area contributed by atoms with E-state index >= 15 is 0 Å². The van der Waals surface area contributed by atoms with Gasteiger partial charge in [-0.2, -0.15) is 5.10 Å². The van der Waals surface area contributed by atoms with Crippen molar-refractivity contribution in [3.8, 4) is 0 Å². The second-order valence-corrected chi connectivity index (χ2v) is 6.28. The molecule has 9 nitrogen and oxygen atoms in total. The largest absolute Gasteiger partial charge is 0.391 e. The number of hydrogen-bond acceptors (Lipinski definition) is 5. The van der Waals surface area contributed by atoms with Gasteiger partial charge in [-0.15, -0.1) is 0 Å². The minimum absolute atomic E-state index is 0.0578. The zero-order valence-corrected chi connectivity index (χ0v) is 13.2. The topological polar surface area (TPSA) is 127 Å². The number of aliphatic hydroxyl groups excluding tert-OH is 1. The highest BCUT2D eigenvalue weighted by Crippen LogP contribution is 2.28. The highest BCUT2D eigenvalue weighted by molar-refractivity contribution is 5.87. The average Bonchev–Trinajstić information content (AvgIpc) is 3.17. The molecule has 1 aliphatic carbocycles. The van der Waals surface area contributed by atoms with Gasteiger partial charge in [-0.1, -0.05) is 0 Å². The molecule has 3 amide bonds. The molecule has 1 aromatic heterocycles. The van der Waals surface area contributed by atoms with E-state index in [0.29, 0.717) is 31.6 Å². The molecule has 3 rings (SSSR count). The number of amides is 3. The van der Waals surface area contributed by atoms with Gasteiger partial charge < -0.3 is 20.6 Å². The number of aromatic amines is 1. The number of aliphatic hydroxyl groups is 1. The molecule has 2 fully saturated rings. The molecule has 0 unspecified atom stereocenters. The maximum atomic E-state index is 12.5. The van der Waals surface area contributed by atoms with Gasteiger partial charge in [-0.3, -0.25) is 19.5 Å². The molecular weight excluding hydrogens is 314 g/mol. The number of H-pyrrole nitrogens is 1. The second-order valence-electron chi connectivity index (χ2n) is 6.28. The Morgan fingerprint density at radius 2 is 2.25 bits per heavy atom. The zero-order chi connectivity index (χ0) is 17.1. The van der Waals surface area contributed by atoms with Gasteiger partial charge in [0, 0.05) is 30.9 Å². The Hall–Kier alpha value is -2.42. The van der Waals surface area contributed by atoms with E-state index in [1.165, 1.54) is 4.90 Å². The number of nitrogens with zero attached hydrogens (tertiary/aromatic N) is 2. The summed E-state index contributed by atoms with van der Waals surface area (Å²) in [6.45, 7) is 0.987. The first-order valence-electron chi connectivity index (χ1n) is 8.04. The summed E-state index contributed by atoms with van der Waals surface area (Å²) >= 11 is 0. The van der Waals surface area contributed by atoms with Crippen molar-refractivity contribution in [3.63, 3.8) is 0 Å². The van der Waals surface area contributed by atoms with Crippen molar-refractivity contribution in [1.82, 2.24) is 25.7 Å². The normalized spacial score (nSPS) is 27.0. The highest BCUT2D eigenvalue weighted by atomic mass is 16.3. The minimum atomic E-state index is -0.761. The van der Waals surface area contributed by atoms with Crippen LogP contribution in [0, 0.1) is 5.92 Å². The third-order valence-corrected chi connectivity index (χ3v) is 4.48. The molecule has 24 heavy (non-hydrogen) atoms. The first-order chi connectivity index (χ1) is 11.5. The Labute approximate surface area is 138 Å². The van der Waals surface area contributed by atoms with Crippen LogP contribution in [0.15, 0.2) is 12.3 Å². The number of rotatable bonds is 4. The van der Waals surface area contributed by atoms with E-state index in [2.05, 4.69) is 20.8 Å². The highest BCUT2D eigenvalue weighted by Gasteiger charge is 2.40. The standard InChI is InChI=1S/C15H21N5O4/c21-12-6-9(15(24)20-4-3-16-14(23)8-20)5-11(12)18-13(22)7-10-1-2-17-19-10/h1-2,9,11-12,21H,3-8H2,(H,16,23)(H,17,19)(H,18,22)/t9-,11+,12+/m0/s1. The summed E-state index contributed by atoms with van der Waals surface area (Å²) in [5.41, 5.74) is 0.687. The summed E-state index contributed by atoms with van der Waals surface area (Å²) in [7, 11) is 0. The lowest BCUT2D eigenvalue weighted by Gasteiger charge is -2.28. The molecule has 130 valence electrons. The predicted molar refractivity (Wildman–Crippen MR) is 82.5 cm³/mol. The average molecular weight is 335 g/mol. The SMILES string of the molecule is O=C1CN(C(=O)[C@@H]2C[C@@H](O)[C@H](NC(=O)Cc3ccn[nH]3)C2)CCN1. The van der Waals surface area contributed by atoms with Crippen LogP contribution in [0.25, 0.3) is 0 Å². The van der Waals surface area contributed by atoms with Gasteiger partial charge in [-0.25, -0.2) is 0 Å². The molecule has 0 bridgehead atoms. The first-order valence-corrected chi connectivity index (χ1v) is 8.04. The van der Waals surface area contributed by atoms with Crippen LogP contribution in [0.5, 0.6) is 0 Å². The molecule has 2 aliphatic rings. The number of carbonyl (C=O) groups excluding carboxylic acids is 3. The van der Waals surface area contributed by atoms with E-state index in [0.717, 1.165) is 0 Å². The quantitative estimate of drug-likeness (QED) is 0.514. The van der Waals surface area contributed by atoms with Crippen molar-refractivity contribution in [2.45, 2.75) is 31.4 Å². The molecule has 2 heterocycles. The van der Waals surface area contributed by atoms with Crippen molar-refractivity contribution >= 4 is 17.7 Å². The van der Waals surface area contributed by atoms with Gasteiger partial charge in [0.05, 0.1) is 25.1 Å². The molecule has 9 heteroatoms. The van der Waals surface area contributed by atoms with E-state index in [1.54, 1.807) is 12.3 Å². The van der Waals surface area contributed by atoms with Crippen LogP contribution in [0.4, 0.5) is 0 Å². The Kier molecular flexibility index (Phi) is 4.79. The number of hydrogen-bond donors (Lipinski definition) is 4. The van der Waals surface area contributed by atoms with Gasteiger partial charge in [-0.05, 0) is 18.9 Å². The van der Waals surface area contributed by atoms with Gasteiger partial charge in [0.2, 0.25) is 17.7 Å². The molecule has 1 aromatic rings. The monoisotopic (exact) mass is 335 g/mol. The fourth-order valence-corrected chi connectivity index (χ4v) is 3.27.